The van der Waals surface area contributed by atoms with Gasteiger partial charge in [0.1, 0.15) is 0 Å². The molecule has 1 saturated carbocycles. The molecule has 0 spiro atoms. The minimum Gasteiger partial charge on any atom is -0.349 e. The highest BCUT2D eigenvalue weighted by Crippen LogP contribution is 2.18. The molecular weight excluding hydrogens is 276 g/mol. The summed E-state index contributed by atoms with van der Waals surface area (Å²) in [6.07, 6.45) is 11.3. The van der Waals surface area contributed by atoms with E-state index in [-0.39, 0.29) is 5.91 Å². The van der Waals surface area contributed by atoms with E-state index in [0.29, 0.717) is 11.6 Å². The van der Waals surface area contributed by atoms with Crippen molar-refractivity contribution in [3.8, 4) is 0 Å². The van der Waals surface area contributed by atoms with Crippen LogP contribution in [0.1, 0.15) is 69.2 Å². The van der Waals surface area contributed by atoms with Crippen LogP contribution in [0, 0.1) is 0 Å². The van der Waals surface area contributed by atoms with Gasteiger partial charge < -0.3 is 10.2 Å². The molecule has 5 nitrogen and oxygen atoms in total. The fourth-order valence-electron chi connectivity index (χ4n) is 2.97. The van der Waals surface area contributed by atoms with Crippen LogP contribution in [-0.4, -0.2) is 35.0 Å². The first-order valence-corrected chi connectivity index (χ1v) is 8.62. The first kappa shape index (κ1) is 16.7. The van der Waals surface area contributed by atoms with E-state index in [9.17, 15) is 4.79 Å². The van der Waals surface area contributed by atoms with Crippen molar-refractivity contribution in [3.05, 3.63) is 18.0 Å². The summed E-state index contributed by atoms with van der Waals surface area (Å²) in [7, 11) is 0. The molecule has 0 aliphatic heterocycles. The zero-order chi connectivity index (χ0) is 15.8. The molecule has 1 aromatic heterocycles. The Bertz CT molecular complexity index is 448. The maximum Gasteiger partial charge on any atom is 0.254 e. The predicted molar refractivity (Wildman–Crippen MR) is 89.2 cm³/mol. The number of anilines is 1. The highest BCUT2D eigenvalue weighted by Gasteiger charge is 2.17. The second kappa shape index (κ2) is 8.71. The Labute approximate surface area is 133 Å². The molecule has 122 valence electrons. The quantitative estimate of drug-likeness (QED) is 0.840. The number of carbonyl (C=O) groups excluding carboxylic acids is 1. The van der Waals surface area contributed by atoms with E-state index in [4.69, 9.17) is 0 Å². The normalized spacial score (nSPS) is 15.5. The van der Waals surface area contributed by atoms with E-state index in [1.165, 1.54) is 19.3 Å². The smallest absolute Gasteiger partial charge is 0.254 e. The van der Waals surface area contributed by atoms with Crippen molar-refractivity contribution < 1.29 is 4.79 Å². The van der Waals surface area contributed by atoms with Crippen molar-refractivity contribution in [2.75, 3.05) is 18.0 Å². The Morgan fingerprint density at radius 2 is 1.73 bits per heavy atom. The second-order valence-electron chi connectivity index (χ2n) is 6.07. The predicted octanol–water partition coefficient (Wildman–Crippen LogP) is 3.17. The third-order valence-electron chi connectivity index (χ3n) is 4.11. The van der Waals surface area contributed by atoms with Gasteiger partial charge >= 0.3 is 0 Å². The van der Waals surface area contributed by atoms with Gasteiger partial charge in [-0.25, -0.2) is 9.97 Å². The zero-order valence-corrected chi connectivity index (χ0v) is 13.8. The molecule has 1 N–H and O–H groups in total. The number of rotatable bonds is 7. The van der Waals surface area contributed by atoms with Crippen LogP contribution in [0.15, 0.2) is 12.4 Å². The maximum atomic E-state index is 12.2. The van der Waals surface area contributed by atoms with Crippen molar-refractivity contribution in [3.63, 3.8) is 0 Å². The van der Waals surface area contributed by atoms with Gasteiger partial charge in [0.05, 0.1) is 5.56 Å². The van der Waals surface area contributed by atoms with Gasteiger partial charge in [-0.2, -0.15) is 0 Å². The molecule has 2 rings (SSSR count). The third kappa shape index (κ3) is 4.68. The molecule has 1 aliphatic rings. The molecule has 0 atom stereocenters. The molecule has 1 aromatic rings. The molecule has 1 aliphatic carbocycles. The lowest BCUT2D eigenvalue weighted by molar-refractivity contribution is 0.0927. The fraction of sp³-hybridized carbons (Fsp3) is 0.706. The summed E-state index contributed by atoms with van der Waals surface area (Å²) >= 11 is 0. The molecule has 0 saturated heterocycles. The van der Waals surface area contributed by atoms with Gasteiger partial charge in [0, 0.05) is 31.5 Å². The van der Waals surface area contributed by atoms with Crippen LogP contribution in [0.5, 0.6) is 0 Å². The lowest BCUT2D eigenvalue weighted by Crippen LogP contribution is -2.36. The van der Waals surface area contributed by atoms with Crippen molar-refractivity contribution in [1.29, 1.82) is 0 Å². The van der Waals surface area contributed by atoms with Crippen molar-refractivity contribution in [1.82, 2.24) is 15.3 Å². The number of nitrogens with one attached hydrogen (secondary N) is 1. The maximum absolute atomic E-state index is 12.2. The monoisotopic (exact) mass is 304 g/mol. The molecule has 0 unspecified atom stereocenters. The third-order valence-corrected chi connectivity index (χ3v) is 4.11. The van der Waals surface area contributed by atoms with E-state index >= 15 is 0 Å². The van der Waals surface area contributed by atoms with Gasteiger partial charge in [-0.3, -0.25) is 4.79 Å². The number of nitrogens with zero attached hydrogens (tertiary/aromatic N) is 3. The molecule has 1 fully saturated rings. The summed E-state index contributed by atoms with van der Waals surface area (Å²) in [4.78, 5) is 23.2. The summed E-state index contributed by atoms with van der Waals surface area (Å²) in [6.45, 7) is 6.19. The Morgan fingerprint density at radius 3 is 2.27 bits per heavy atom. The van der Waals surface area contributed by atoms with Gasteiger partial charge in [0.2, 0.25) is 5.95 Å². The highest BCUT2D eigenvalue weighted by atomic mass is 16.1. The Morgan fingerprint density at radius 1 is 1.14 bits per heavy atom. The lowest BCUT2D eigenvalue weighted by atomic mass is 9.95. The van der Waals surface area contributed by atoms with Crippen LogP contribution in [0.25, 0.3) is 0 Å². The van der Waals surface area contributed by atoms with E-state index < -0.39 is 0 Å². The van der Waals surface area contributed by atoms with Gasteiger partial charge in [-0.05, 0) is 25.7 Å². The SMILES string of the molecule is CCCN(CCC)c1ncc(C(=O)NC2CCCCC2)cn1. The molecule has 0 radical (unpaired) electrons. The first-order valence-electron chi connectivity index (χ1n) is 8.62. The summed E-state index contributed by atoms with van der Waals surface area (Å²) in [5.41, 5.74) is 0.558. The average molecular weight is 304 g/mol. The van der Waals surface area contributed by atoms with E-state index in [2.05, 4.69) is 34.0 Å². The van der Waals surface area contributed by atoms with Crippen LogP contribution in [0.4, 0.5) is 5.95 Å². The van der Waals surface area contributed by atoms with Crippen LogP contribution < -0.4 is 10.2 Å². The summed E-state index contributed by atoms with van der Waals surface area (Å²) in [6, 6.07) is 0.317. The Balaban J connectivity index is 1.96. The Kier molecular flexibility index (Phi) is 6.62. The molecule has 1 amide bonds. The molecule has 0 aromatic carbocycles. The molecule has 22 heavy (non-hydrogen) atoms. The van der Waals surface area contributed by atoms with E-state index in [1.54, 1.807) is 12.4 Å². The molecule has 0 bridgehead atoms. The summed E-state index contributed by atoms with van der Waals surface area (Å²) in [5.74, 6) is 0.675. The minimum absolute atomic E-state index is 0.0454. The number of carbonyl (C=O) groups is 1. The standard InChI is InChI=1S/C17H28N4O/c1-3-10-21(11-4-2)17-18-12-14(13-19-17)16(22)20-15-8-6-5-7-9-15/h12-13,15H,3-11H2,1-2H3,(H,20,22). The molecule has 1 heterocycles. The summed E-state index contributed by atoms with van der Waals surface area (Å²) < 4.78 is 0. The molecular formula is C17H28N4O. The van der Waals surface area contributed by atoms with Crippen LogP contribution in [-0.2, 0) is 0 Å². The van der Waals surface area contributed by atoms with Gasteiger partial charge in [0.15, 0.2) is 0 Å². The largest absolute Gasteiger partial charge is 0.349 e. The fourth-order valence-corrected chi connectivity index (χ4v) is 2.97. The Hall–Kier alpha value is -1.65. The van der Waals surface area contributed by atoms with Crippen molar-refractivity contribution >= 4 is 11.9 Å². The average Bonchev–Trinajstić information content (AvgIpc) is 2.56. The number of hydrogen-bond acceptors (Lipinski definition) is 4. The van der Waals surface area contributed by atoms with E-state index in [1.807, 2.05) is 0 Å². The number of hydrogen-bond donors (Lipinski definition) is 1. The van der Waals surface area contributed by atoms with Crippen LogP contribution >= 0.6 is 0 Å². The van der Waals surface area contributed by atoms with Gasteiger partial charge in [-0.1, -0.05) is 33.1 Å². The highest BCUT2D eigenvalue weighted by molar-refractivity contribution is 5.93. The second-order valence-corrected chi connectivity index (χ2v) is 6.07. The minimum atomic E-state index is -0.0454. The van der Waals surface area contributed by atoms with Gasteiger partial charge in [-0.15, -0.1) is 0 Å². The lowest BCUT2D eigenvalue weighted by Gasteiger charge is -2.23. The first-order chi connectivity index (χ1) is 10.7. The van der Waals surface area contributed by atoms with E-state index in [0.717, 1.165) is 44.7 Å². The van der Waals surface area contributed by atoms with Crippen LogP contribution in [0.2, 0.25) is 0 Å². The topological polar surface area (TPSA) is 58.1 Å². The number of amides is 1. The molecule has 5 heteroatoms. The van der Waals surface area contributed by atoms with Crippen LogP contribution in [0.3, 0.4) is 0 Å². The summed E-state index contributed by atoms with van der Waals surface area (Å²) in [5, 5.41) is 3.10. The van der Waals surface area contributed by atoms with Gasteiger partial charge in [0.25, 0.3) is 5.91 Å². The zero-order valence-electron chi connectivity index (χ0n) is 13.8. The van der Waals surface area contributed by atoms with Crippen molar-refractivity contribution in [2.45, 2.75) is 64.8 Å². The van der Waals surface area contributed by atoms with Crippen molar-refractivity contribution in [2.24, 2.45) is 0 Å². The number of aromatic nitrogens is 2.